The Kier molecular flexibility index (Phi) is 5.76. The fraction of sp³-hybridized carbons (Fsp3) is 0.150. The smallest absolute Gasteiger partial charge is 0.197 e. The third-order valence-corrected chi connectivity index (χ3v) is 10.2. The molecule has 0 amide bonds. The number of para-hydroxylation sites is 1. The number of benzene rings is 5. The summed E-state index contributed by atoms with van der Waals surface area (Å²) in [6, 6.07) is 37.3. The zero-order valence-electron chi connectivity index (χ0n) is 24.9. The van der Waals surface area contributed by atoms with E-state index < -0.39 is 34.5 Å². The molecular formula is C40H29NO4. The van der Waals surface area contributed by atoms with Crippen molar-refractivity contribution in [3.8, 4) is 0 Å². The van der Waals surface area contributed by atoms with Gasteiger partial charge in [-0.25, -0.2) is 0 Å². The molecule has 5 heteroatoms. The van der Waals surface area contributed by atoms with Crippen LogP contribution in [0.4, 0.5) is 5.69 Å². The number of fused-ring (bicyclic) bond motifs is 2. The molecule has 0 bridgehead atoms. The highest BCUT2D eigenvalue weighted by Crippen LogP contribution is 2.70. The summed E-state index contributed by atoms with van der Waals surface area (Å²) in [6.45, 7) is 3.86. The molecule has 2 aliphatic carbocycles. The number of hydrogen-bond acceptors (Lipinski definition) is 5. The molecule has 0 saturated carbocycles. The summed E-state index contributed by atoms with van der Waals surface area (Å²) >= 11 is 0. The van der Waals surface area contributed by atoms with E-state index in [1.807, 2.05) is 97.6 Å². The Hall–Kier alpha value is -5.42. The molecule has 5 aromatic carbocycles. The van der Waals surface area contributed by atoms with Gasteiger partial charge in [-0.15, -0.1) is 0 Å². The Morgan fingerprint density at radius 3 is 1.36 bits per heavy atom. The lowest BCUT2D eigenvalue weighted by atomic mass is 9.59. The normalized spacial score (nSPS) is 20.7. The monoisotopic (exact) mass is 587 g/mol. The van der Waals surface area contributed by atoms with Crippen LogP contribution in [-0.2, 0) is 0 Å². The fourth-order valence-electron chi connectivity index (χ4n) is 8.45. The number of aryl methyl sites for hydroxylation is 2. The van der Waals surface area contributed by atoms with Crippen LogP contribution in [0.15, 0.2) is 127 Å². The first-order valence-electron chi connectivity index (χ1n) is 15.2. The van der Waals surface area contributed by atoms with Crippen LogP contribution in [0.25, 0.3) is 0 Å². The van der Waals surface area contributed by atoms with Gasteiger partial charge in [0, 0.05) is 33.9 Å². The quantitative estimate of drug-likeness (QED) is 0.204. The lowest BCUT2D eigenvalue weighted by Gasteiger charge is -2.40. The molecule has 1 aliphatic heterocycles. The van der Waals surface area contributed by atoms with Crippen LogP contribution in [0.2, 0.25) is 0 Å². The molecular weight excluding hydrogens is 558 g/mol. The highest BCUT2D eigenvalue weighted by Gasteiger charge is 2.81. The Labute approximate surface area is 261 Å². The van der Waals surface area contributed by atoms with Crippen LogP contribution in [0.5, 0.6) is 0 Å². The SMILES string of the molecule is Cc1ccccc1[C@@H]1N(c2ccccc2)C2(C(=O)c3ccccc3C2=O)[C@@H](c2ccccc2C)C12C(=O)c1ccccc1C2=O. The van der Waals surface area contributed by atoms with E-state index in [1.165, 1.54) is 0 Å². The second kappa shape index (κ2) is 9.54. The number of carbonyl (C=O) groups is 4. The molecule has 0 aromatic heterocycles. The summed E-state index contributed by atoms with van der Waals surface area (Å²) in [6.07, 6.45) is 0. The summed E-state index contributed by atoms with van der Waals surface area (Å²) in [7, 11) is 0. The first-order valence-corrected chi connectivity index (χ1v) is 15.2. The van der Waals surface area contributed by atoms with E-state index in [9.17, 15) is 0 Å². The van der Waals surface area contributed by atoms with E-state index in [1.54, 1.807) is 48.5 Å². The number of nitrogens with zero attached hydrogens (tertiary/aromatic N) is 1. The Bertz CT molecular complexity index is 2020. The molecule has 0 unspecified atom stereocenters. The minimum absolute atomic E-state index is 0.304. The molecule has 5 nitrogen and oxygen atoms in total. The molecule has 2 spiro atoms. The van der Waals surface area contributed by atoms with Crippen LogP contribution >= 0.6 is 0 Å². The highest BCUT2D eigenvalue weighted by atomic mass is 16.2. The van der Waals surface area contributed by atoms with Gasteiger partial charge in [-0.1, -0.05) is 115 Å². The van der Waals surface area contributed by atoms with E-state index in [0.717, 1.165) is 16.7 Å². The average molecular weight is 588 g/mol. The van der Waals surface area contributed by atoms with Gasteiger partial charge >= 0.3 is 0 Å². The maximum absolute atomic E-state index is 15.4. The van der Waals surface area contributed by atoms with Gasteiger partial charge in [-0.05, 0) is 48.2 Å². The number of anilines is 1. The molecule has 45 heavy (non-hydrogen) atoms. The second-order valence-corrected chi connectivity index (χ2v) is 12.3. The van der Waals surface area contributed by atoms with Crippen LogP contribution in [0, 0.1) is 19.3 Å². The zero-order chi connectivity index (χ0) is 31.1. The molecule has 1 fully saturated rings. The third kappa shape index (κ3) is 3.22. The standard InChI is InChI=1S/C40H29NO4/c1-24-14-6-8-18-27(24)33-39(35(42)29-20-10-11-21-30(29)36(39)43)34(28-19-9-7-15-25(28)2)41(26-16-4-3-5-17-26)40(33)37(44)31-22-12-13-23-32(31)38(40)45/h3-23,33-34H,1-2H3/t33-,34-/m0/s1. The summed E-state index contributed by atoms with van der Waals surface area (Å²) in [5, 5.41) is 0. The summed E-state index contributed by atoms with van der Waals surface area (Å²) < 4.78 is 0. The van der Waals surface area contributed by atoms with Crippen molar-refractivity contribution in [2.75, 3.05) is 4.90 Å². The molecule has 1 saturated heterocycles. The van der Waals surface area contributed by atoms with Crippen LogP contribution in [0.1, 0.15) is 75.6 Å². The Balaban J connectivity index is 1.61. The summed E-state index contributed by atoms with van der Waals surface area (Å²) in [5.74, 6) is -2.65. The predicted octanol–water partition coefficient (Wildman–Crippen LogP) is 7.53. The van der Waals surface area contributed by atoms with Gasteiger partial charge < -0.3 is 4.90 Å². The lowest BCUT2D eigenvalue weighted by Crippen LogP contribution is -2.57. The highest BCUT2D eigenvalue weighted by molar-refractivity contribution is 6.39. The van der Waals surface area contributed by atoms with E-state index in [2.05, 4.69) is 0 Å². The van der Waals surface area contributed by atoms with Crippen molar-refractivity contribution in [3.05, 3.63) is 172 Å². The third-order valence-electron chi connectivity index (χ3n) is 10.2. The van der Waals surface area contributed by atoms with Crippen molar-refractivity contribution in [2.24, 2.45) is 5.41 Å². The first-order chi connectivity index (χ1) is 21.9. The number of hydrogen-bond donors (Lipinski definition) is 0. The molecule has 2 atom stereocenters. The van der Waals surface area contributed by atoms with E-state index in [-0.39, 0.29) is 11.6 Å². The van der Waals surface area contributed by atoms with Gasteiger partial charge in [-0.3, -0.25) is 19.2 Å². The molecule has 1 heterocycles. The first kappa shape index (κ1) is 27.2. The predicted molar refractivity (Wildman–Crippen MR) is 172 cm³/mol. The van der Waals surface area contributed by atoms with Crippen LogP contribution in [0.3, 0.4) is 0 Å². The van der Waals surface area contributed by atoms with Gasteiger partial charge in [0.1, 0.15) is 5.41 Å². The Morgan fingerprint density at radius 1 is 0.467 bits per heavy atom. The van der Waals surface area contributed by atoms with Crippen molar-refractivity contribution in [1.29, 1.82) is 0 Å². The van der Waals surface area contributed by atoms with Crippen molar-refractivity contribution in [2.45, 2.75) is 31.3 Å². The molecule has 8 rings (SSSR count). The van der Waals surface area contributed by atoms with Gasteiger partial charge in [0.2, 0.25) is 0 Å². The van der Waals surface area contributed by atoms with Gasteiger partial charge in [0.05, 0.1) is 6.04 Å². The molecule has 3 aliphatic rings. The topological polar surface area (TPSA) is 71.5 Å². The molecule has 0 N–H and O–H groups in total. The number of ketones is 4. The van der Waals surface area contributed by atoms with Gasteiger partial charge in [0.15, 0.2) is 28.7 Å². The van der Waals surface area contributed by atoms with Crippen molar-refractivity contribution < 1.29 is 19.2 Å². The number of carbonyl (C=O) groups excluding carboxylic acids is 4. The van der Waals surface area contributed by atoms with Crippen molar-refractivity contribution in [3.63, 3.8) is 0 Å². The van der Waals surface area contributed by atoms with E-state index in [0.29, 0.717) is 33.5 Å². The minimum atomic E-state index is -1.92. The average Bonchev–Trinajstić information content (AvgIpc) is 3.57. The van der Waals surface area contributed by atoms with Crippen molar-refractivity contribution >= 4 is 28.8 Å². The van der Waals surface area contributed by atoms with Gasteiger partial charge in [0.25, 0.3) is 0 Å². The van der Waals surface area contributed by atoms with E-state index in [4.69, 9.17) is 0 Å². The van der Waals surface area contributed by atoms with Crippen LogP contribution < -0.4 is 4.90 Å². The lowest BCUT2D eigenvalue weighted by molar-refractivity contribution is 0.0619. The maximum atomic E-state index is 15.4. The maximum Gasteiger partial charge on any atom is 0.197 e. The minimum Gasteiger partial charge on any atom is -0.343 e. The largest absolute Gasteiger partial charge is 0.343 e. The molecule has 218 valence electrons. The Morgan fingerprint density at radius 2 is 0.867 bits per heavy atom. The summed E-state index contributed by atoms with van der Waals surface area (Å²) in [4.78, 5) is 63.2. The van der Waals surface area contributed by atoms with Crippen molar-refractivity contribution in [1.82, 2.24) is 0 Å². The molecule has 0 radical (unpaired) electrons. The zero-order valence-corrected chi connectivity index (χ0v) is 24.9. The molecule has 5 aromatic rings. The summed E-state index contributed by atoms with van der Waals surface area (Å²) in [5.41, 5.74) is 1.11. The second-order valence-electron chi connectivity index (χ2n) is 12.3. The number of Topliss-reactive ketones (excluding diaryl/α,β-unsaturated/α-hetero) is 4. The van der Waals surface area contributed by atoms with E-state index >= 15 is 19.2 Å². The number of rotatable bonds is 3. The fourth-order valence-corrected chi connectivity index (χ4v) is 8.45. The van der Waals surface area contributed by atoms with Gasteiger partial charge in [-0.2, -0.15) is 0 Å². The van der Waals surface area contributed by atoms with Crippen LogP contribution in [-0.4, -0.2) is 28.7 Å².